The number of benzene rings is 2. The van der Waals surface area contributed by atoms with Crippen LogP contribution in [0.25, 0.3) is 0 Å². The normalized spacial score (nSPS) is 17.4. The van der Waals surface area contributed by atoms with Crippen molar-refractivity contribution in [2.75, 3.05) is 0 Å². The molecule has 0 aliphatic carbocycles. The SMILES string of the molecule is NC(C(=O)c1ccc2c(c1)CC(C(=O)O)O2)S(=O)(=O)c1ccccc1. The van der Waals surface area contributed by atoms with Gasteiger partial charge in [0.15, 0.2) is 17.3 Å². The van der Waals surface area contributed by atoms with Crippen molar-refractivity contribution in [3.8, 4) is 5.75 Å². The van der Waals surface area contributed by atoms with Crippen molar-refractivity contribution in [1.29, 1.82) is 0 Å². The van der Waals surface area contributed by atoms with Gasteiger partial charge in [-0.3, -0.25) is 4.79 Å². The predicted octanol–water partition coefficient (Wildman–Crippen LogP) is 1.02. The first kappa shape index (κ1) is 17.1. The van der Waals surface area contributed by atoms with Gasteiger partial charge >= 0.3 is 5.97 Å². The Bertz CT molecular complexity index is 939. The van der Waals surface area contributed by atoms with Crippen LogP contribution in [0.2, 0.25) is 0 Å². The largest absolute Gasteiger partial charge is 0.478 e. The highest BCUT2D eigenvalue weighted by Gasteiger charge is 2.33. The molecule has 0 saturated carbocycles. The first-order chi connectivity index (χ1) is 11.8. The van der Waals surface area contributed by atoms with Crippen molar-refractivity contribution in [1.82, 2.24) is 0 Å². The van der Waals surface area contributed by atoms with E-state index in [1.54, 1.807) is 18.2 Å². The molecule has 7 nitrogen and oxygen atoms in total. The van der Waals surface area contributed by atoms with Crippen LogP contribution in [0, 0.1) is 0 Å². The highest BCUT2D eigenvalue weighted by Crippen LogP contribution is 2.30. The molecule has 0 amide bonds. The second-order valence-corrected chi connectivity index (χ2v) is 7.68. The highest BCUT2D eigenvalue weighted by atomic mass is 32.2. The van der Waals surface area contributed by atoms with E-state index in [0.717, 1.165) is 0 Å². The lowest BCUT2D eigenvalue weighted by Gasteiger charge is -2.12. The summed E-state index contributed by atoms with van der Waals surface area (Å²) in [6.45, 7) is 0. The van der Waals surface area contributed by atoms with Crippen molar-refractivity contribution in [3.05, 3.63) is 59.7 Å². The Balaban J connectivity index is 1.87. The minimum Gasteiger partial charge on any atom is -0.478 e. The van der Waals surface area contributed by atoms with E-state index in [4.69, 9.17) is 15.6 Å². The summed E-state index contributed by atoms with van der Waals surface area (Å²) in [5.41, 5.74) is 6.34. The topological polar surface area (TPSA) is 124 Å². The molecule has 2 unspecified atom stereocenters. The number of aliphatic carboxylic acids is 1. The number of ether oxygens (including phenoxy) is 1. The molecule has 0 bridgehead atoms. The molecule has 25 heavy (non-hydrogen) atoms. The average molecular weight is 361 g/mol. The van der Waals surface area contributed by atoms with Crippen LogP contribution >= 0.6 is 0 Å². The van der Waals surface area contributed by atoms with Crippen LogP contribution in [0.1, 0.15) is 15.9 Å². The van der Waals surface area contributed by atoms with E-state index in [1.807, 2.05) is 0 Å². The third-order valence-corrected chi connectivity index (χ3v) is 5.77. The summed E-state index contributed by atoms with van der Waals surface area (Å²) in [5, 5.41) is 7.25. The van der Waals surface area contributed by atoms with Crippen molar-refractivity contribution in [2.24, 2.45) is 5.73 Å². The predicted molar refractivity (Wildman–Crippen MR) is 88.1 cm³/mol. The Hall–Kier alpha value is -2.71. The first-order valence-corrected chi connectivity index (χ1v) is 8.96. The maximum Gasteiger partial charge on any atom is 0.345 e. The van der Waals surface area contributed by atoms with E-state index >= 15 is 0 Å². The van der Waals surface area contributed by atoms with Crippen LogP contribution < -0.4 is 10.5 Å². The molecule has 3 rings (SSSR count). The van der Waals surface area contributed by atoms with Crippen LogP contribution in [0.5, 0.6) is 5.75 Å². The van der Waals surface area contributed by atoms with Crippen molar-refractivity contribution >= 4 is 21.6 Å². The molecule has 1 aliphatic heterocycles. The van der Waals surface area contributed by atoms with E-state index in [-0.39, 0.29) is 16.9 Å². The number of fused-ring (bicyclic) bond motifs is 1. The van der Waals surface area contributed by atoms with Gasteiger partial charge in [0.1, 0.15) is 5.75 Å². The van der Waals surface area contributed by atoms with Gasteiger partial charge in [-0.15, -0.1) is 0 Å². The summed E-state index contributed by atoms with van der Waals surface area (Å²) in [5.74, 6) is -1.50. The maximum atomic E-state index is 12.5. The molecule has 2 atom stereocenters. The summed E-state index contributed by atoms with van der Waals surface area (Å²) in [6, 6.07) is 11.8. The Kier molecular flexibility index (Phi) is 4.32. The number of carbonyl (C=O) groups excluding carboxylic acids is 1. The molecular weight excluding hydrogens is 346 g/mol. The molecule has 0 aromatic heterocycles. The molecule has 3 N–H and O–H groups in total. The Morgan fingerprint density at radius 2 is 1.84 bits per heavy atom. The Morgan fingerprint density at radius 3 is 2.48 bits per heavy atom. The Labute approximate surface area is 144 Å². The summed E-state index contributed by atoms with van der Waals surface area (Å²) >= 11 is 0. The fraction of sp³-hybridized carbons (Fsp3) is 0.176. The number of carbonyl (C=O) groups is 2. The van der Waals surface area contributed by atoms with Crippen LogP contribution in [-0.2, 0) is 21.1 Å². The van der Waals surface area contributed by atoms with Crippen molar-refractivity contribution < 1.29 is 27.9 Å². The molecule has 1 aliphatic rings. The highest BCUT2D eigenvalue weighted by molar-refractivity contribution is 7.92. The standard InChI is InChI=1S/C17H15NO6S/c18-16(25(22,23)12-4-2-1-3-5-12)15(19)10-6-7-13-11(8-10)9-14(24-13)17(20)21/h1-8,14,16H,9,18H2,(H,20,21). The fourth-order valence-corrected chi connectivity index (χ4v) is 3.85. The fourth-order valence-electron chi connectivity index (χ4n) is 2.60. The van der Waals surface area contributed by atoms with E-state index in [9.17, 15) is 18.0 Å². The molecule has 0 saturated heterocycles. The van der Waals surface area contributed by atoms with Gasteiger partial charge in [-0.2, -0.15) is 0 Å². The van der Waals surface area contributed by atoms with Gasteiger partial charge < -0.3 is 15.6 Å². The van der Waals surface area contributed by atoms with Crippen LogP contribution in [-0.4, -0.2) is 36.8 Å². The van der Waals surface area contributed by atoms with Gasteiger partial charge in [-0.25, -0.2) is 13.2 Å². The second kappa shape index (κ2) is 6.30. The van der Waals surface area contributed by atoms with E-state index in [2.05, 4.69) is 0 Å². The minimum atomic E-state index is -4.02. The third kappa shape index (κ3) is 3.13. The number of hydrogen-bond acceptors (Lipinski definition) is 6. The zero-order valence-electron chi connectivity index (χ0n) is 13.0. The molecule has 0 spiro atoms. The van der Waals surface area contributed by atoms with Crippen LogP contribution in [0.4, 0.5) is 0 Å². The number of nitrogens with two attached hydrogens (primary N) is 1. The minimum absolute atomic E-state index is 0.0358. The molecule has 8 heteroatoms. The zero-order chi connectivity index (χ0) is 18.2. The van der Waals surface area contributed by atoms with Crippen LogP contribution in [0.3, 0.4) is 0 Å². The van der Waals surface area contributed by atoms with Gasteiger partial charge in [0.25, 0.3) is 0 Å². The Morgan fingerprint density at radius 1 is 1.16 bits per heavy atom. The second-order valence-electron chi connectivity index (χ2n) is 5.61. The molecule has 1 heterocycles. The molecule has 130 valence electrons. The van der Waals surface area contributed by atoms with Gasteiger partial charge in [0, 0.05) is 12.0 Å². The number of rotatable bonds is 5. The number of carboxylic acid groups (broad SMARTS) is 1. The zero-order valence-corrected chi connectivity index (χ0v) is 13.8. The summed E-state index contributed by atoms with van der Waals surface area (Å²) in [4.78, 5) is 23.5. The summed E-state index contributed by atoms with van der Waals surface area (Å²) in [7, 11) is -4.02. The maximum absolute atomic E-state index is 12.5. The summed E-state index contributed by atoms with van der Waals surface area (Å²) in [6.07, 6.45) is -0.908. The number of Topliss-reactive ketones (excluding diaryl/α,β-unsaturated/α-hetero) is 1. The average Bonchev–Trinajstić information content (AvgIpc) is 3.04. The van der Waals surface area contributed by atoms with E-state index in [0.29, 0.717) is 11.3 Å². The third-order valence-electron chi connectivity index (χ3n) is 3.96. The summed E-state index contributed by atoms with van der Waals surface area (Å²) < 4.78 is 30.2. The number of sulfone groups is 1. The van der Waals surface area contributed by atoms with Gasteiger partial charge in [0.2, 0.25) is 9.84 Å². The van der Waals surface area contributed by atoms with E-state index in [1.165, 1.54) is 30.3 Å². The van der Waals surface area contributed by atoms with Gasteiger partial charge in [-0.1, -0.05) is 18.2 Å². The molecular formula is C17H15NO6S. The number of carboxylic acids is 1. The van der Waals surface area contributed by atoms with Crippen molar-refractivity contribution in [3.63, 3.8) is 0 Å². The molecule has 2 aromatic rings. The molecule has 0 radical (unpaired) electrons. The lowest BCUT2D eigenvalue weighted by molar-refractivity contribution is -0.144. The quantitative estimate of drug-likeness (QED) is 0.762. The van der Waals surface area contributed by atoms with Crippen LogP contribution in [0.15, 0.2) is 53.4 Å². The van der Waals surface area contributed by atoms with Gasteiger partial charge in [-0.05, 0) is 35.9 Å². The van der Waals surface area contributed by atoms with Gasteiger partial charge in [0.05, 0.1) is 4.90 Å². The molecule has 2 aromatic carbocycles. The number of ketones is 1. The van der Waals surface area contributed by atoms with Crippen molar-refractivity contribution in [2.45, 2.75) is 22.8 Å². The monoisotopic (exact) mass is 361 g/mol. The van der Waals surface area contributed by atoms with E-state index < -0.39 is 33.1 Å². The number of hydrogen-bond donors (Lipinski definition) is 2. The first-order valence-electron chi connectivity index (χ1n) is 7.42. The lowest BCUT2D eigenvalue weighted by atomic mass is 10.0. The smallest absolute Gasteiger partial charge is 0.345 e. The lowest BCUT2D eigenvalue weighted by Crippen LogP contribution is -2.38. The molecule has 0 fully saturated rings.